The van der Waals surface area contributed by atoms with Gasteiger partial charge in [0.25, 0.3) is 0 Å². The van der Waals surface area contributed by atoms with Gasteiger partial charge in [-0.3, -0.25) is 9.67 Å². The van der Waals surface area contributed by atoms with Crippen LogP contribution in [0.3, 0.4) is 0 Å². The summed E-state index contributed by atoms with van der Waals surface area (Å²) < 4.78 is 1.85. The zero-order valence-electron chi connectivity index (χ0n) is 18.3. The number of halogens is 1. The van der Waals surface area contributed by atoms with Crippen molar-refractivity contribution in [3.05, 3.63) is 18.0 Å². The molecule has 0 radical (unpaired) electrons. The molecular formula is C20H40IN7. The van der Waals surface area contributed by atoms with Gasteiger partial charge in [0.2, 0.25) is 0 Å². The van der Waals surface area contributed by atoms with E-state index in [9.17, 15) is 0 Å². The van der Waals surface area contributed by atoms with E-state index in [0.29, 0.717) is 12.6 Å². The van der Waals surface area contributed by atoms with Crippen LogP contribution < -0.4 is 10.6 Å². The van der Waals surface area contributed by atoms with Crippen molar-refractivity contribution in [3.8, 4) is 0 Å². The second kappa shape index (κ2) is 13.4. The van der Waals surface area contributed by atoms with Gasteiger partial charge in [-0.2, -0.15) is 5.10 Å². The van der Waals surface area contributed by atoms with Gasteiger partial charge >= 0.3 is 0 Å². The number of hydrogen-bond acceptors (Lipinski definition) is 4. The third-order valence-corrected chi connectivity index (χ3v) is 5.26. The van der Waals surface area contributed by atoms with Crippen LogP contribution in [-0.2, 0) is 7.05 Å². The molecule has 1 aliphatic rings. The van der Waals surface area contributed by atoms with Crippen LogP contribution in [0.15, 0.2) is 17.4 Å². The van der Waals surface area contributed by atoms with Crippen LogP contribution >= 0.6 is 24.0 Å². The third-order valence-electron chi connectivity index (χ3n) is 5.26. The Labute approximate surface area is 188 Å². The van der Waals surface area contributed by atoms with E-state index in [1.165, 1.54) is 50.9 Å². The summed E-state index contributed by atoms with van der Waals surface area (Å²) in [7, 11) is 6.15. The Morgan fingerprint density at radius 2 is 2.04 bits per heavy atom. The van der Waals surface area contributed by atoms with Crippen LogP contribution in [0, 0.1) is 0 Å². The lowest BCUT2D eigenvalue weighted by molar-refractivity contribution is 0.203. The number of nitrogens with one attached hydrogen (secondary N) is 2. The molecule has 1 fully saturated rings. The Hall–Kier alpha value is -0.870. The molecule has 1 saturated heterocycles. The minimum Gasteiger partial charge on any atom is -0.357 e. The summed E-state index contributed by atoms with van der Waals surface area (Å²) in [5.41, 5.74) is 1.20. The average Bonchev–Trinajstić information content (AvgIpc) is 3.07. The molecule has 0 aromatic carbocycles. The van der Waals surface area contributed by atoms with Gasteiger partial charge in [0.1, 0.15) is 0 Å². The molecule has 7 nitrogen and oxygen atoms in total. The Morgan fingerprint density at radius 3 is 2.57 bits per heavy atom. The highest BCUT2D eigenvalue weighted by Gasteiger charge is 2.20. The normalized spacial score (nSPS) is 17.4. The van der Waals surface area contributed by atoms with Gasteiger partial charge in [-0.05, 0) is 46.8 Å². The molecule has 0 spiro atoms. The lowest BCUT2D eigenvalue weighted by atomic mass is 10.0. The van der Waals surface area contributed by atoms with Crippen molar-refractivity contribution in [2.24, 2.45) is 12.0 Å². The van der Waals surface area contributed by atoms with E-state index in [0.717, 1.165) is 12.5 Å². The van der Waals surface area contributed by atoms with Crippen molar-refractivity contribution < 1.29 is 0 Å². The maximum absolute atomic E-state index is 4.89. The van der Waals surface area contributed by atoms with Gasteiger partial charge in [0, 0.05) is 44.5 Å². The molecule has 2 rings (SSSR count). The summed E-state index contributed by atoms with van der Waals surface area (Å²) in [6, 6.07) is 0.738. The molecule has 162 valence electrons. The van der Waals surface area contributed by atoms with Crippen molar-refractivity contribution in [2.75, 3.05) is 46.8 Å². The van der Waals surface area contributed by atoms with E-state index < -0.39 is 0 Å². The average molecular weight is 505 g/mol. The smallest absolute Gasteiger partial charge is 0.191 e. The first-order chi connectivity index (χ1) is 13.0. The van der Waals surface area contributed by atoms with E-state index in [4.69, 9.17) is 4.99 Å². The Kier molecular flexibility index (Phi) is 12.0. The third kappa shape index (κ3) is 8.24. The molecule has 0 saturated carbocycles. The van der Waals surface area contributed by atoms with Crippen LogP contribution in [0.1, 0.15) is 51.1 Å². The maximum Gasteiger partial charge on any atom is 0.191 e. The molecule has 1 aromatic rings. The first-order valence-corrected chi connectivity index (χ1v) is 10.5. The minimum atomic E-state index is 0. The molecule has 1 aromatic heterocycles. The van der Waals surface area contributed by atoms with Gasteiger partial charge in [0.05, 0.1) is 18.8 Å². The number of likely N-dealkylation sites (tertiary alicyclic amines) is 1. The number of hydrogen-bond donors (Lipinski definition) is 2. The number of piperidine rings is 1. The number of unbranched alkanes of at least 4 members (excludes halogenated alkanes) is 1. The molecular weight excluding hydrogens is 465 g/mol. The molecule has 2 heterocycles. The number of rotatable bonds is 9. The maximum atomic E-state index is 4.89. The predicted molar refractivity (Wildman–Crippen MR) is 129 cm³/mol. The Bertz CT molecular complexity index is 565. The topological polar surface area (TPSA) is 60.7 Å². The van der Waals surface area contributed by atoms with Gasteiger partial charge in [-0.1, -0.05) is 13.3 Å². The van der Waals surface area contributed by atoms with E-state index >= 15 is 0 Å². The Morgan fingerprint density at radius 1 is 1.32 bits per heavy atom. The predicted octanol–water partition coefficient (Wildman–Crippen LogP) is 2.46. The van der Waals surface area contributed by atoms with Crippen LogP contribution in [-0.4, -0.2) is 78.4 Å². The fraction of sp³-hybridized carbons (Fsp3) is 0.800. The zero-order valence-corrected chi connectivity index (χ0v) is 20.6. The quantitative estimate of drug-likeness (QED) is 0.307. The summed E-state index contributed by atoms with van der Waals surface area (Å²) in [5, 5.41) is 11.4. The van der Waals surface area contributed by atoms with E-state index in [2.05, 4.69) is 59.7 Å². The van der Waals surface area contributed by atoms with Gasteiger partial charge in [-0.25, -0.2) is 0 Å². The number of aromatic nitrogens is 2. The molecule has 0 amide bonds. The van der Waals surface area contributed by atoms with Crippen LogP contribution in [0.5, 0.6) is 0 Å². The number of aliphatic imine (C=N–C) groups is 1. The highest BCUT2D eigenvalue weighted by atomic mass is 127. The number of guanidine groups is 1. The molecule has 0 aliphatic carbocycles. The standard InChI is InChI=1S/C20H39N7.HI/c1-6-8-11-27-12-9-18(10-13-27)24-20(21-7-2)22-15-19(25(3)4)17-14-23-26(5)16-17;/h14,16,18-19H,6-13,15H2,1-5H3,(H2,21,22,24);1H. The van der Waals surface area contributed by atoms with E-state index in [1.807, 2.05) is 17.9 Å². The lowest BCUT2D eigenvalue weighted by Gasteiger charge is -2.33. The van der Waals surface area contributed by atoms with Crippen LogP contribution in [0.25, 0.3) is 0 Å². The highest BCUT2D eigenvalue weighted by Crippen LogP contribution is 2.17. The molecule has 0 bridgehead atoms. The van der Waals surface area contributed by atoms with E-state index in [1.54, 1.807) is 0 Å². The first kappa shape index (κ1) is 25.2. The number of aryl methyl sites for hydroxylation is 1. The summed E-state index contributed by atoms with van der Waals surface area (Å²) in [4.78, 5) is 9.68. The summed E-state index contributed by atoms with van der Waals surface area (Å²) in [6.45, 7) is 9.59. The van der Waals surface area contributed by atoms with Crippen molar-refractivity contribution in [3.63, 3.8) is 0 Å². The van der Waals surface area contributed by atoms with Crippen LogP contribution in [0.2, 0.25) is 0 Å². The summed E-state index contributed by atoms with van der Waals surface area (Å²) in [5.74, 6) is 0.931. The zero-order chi connectivity index (χ0) is 19.6. The van der Waals surface area contributed by atoms with Gasteiger partial charge < -0.3 is 20.4 Å². The number of nitrogens with zero attached hydrogens (tertiary/aromatic N) is 5. The molecule has 8 heteroatoms. The highest BCUT2D eigenvalue weighted by molar-refractivity contribution is 14.0. The second-order valence-electron chi connectivity index (χ2n) is 7.76. The van der Waals surface area contributed by atoms with Crippen LogP contribution in [0.4, 0.5) is 0 Å². The SMILES string of the molecule is CCCCN1CCC(NC(=NCC(c2cnn(C)c2)N(C)C)NCC)CC1.I. The minimum absolute atomic E-state index is 0. The monoisotopic (exact) mass is 505 g/mol. The first-order valence-electron chi connectivity index (χ1n) is 10.5. The van der Waals surface area contributed by atoms with Gasteiger partial charge in [0.15, 0.2) is 5.96 Å². The molecule has 1 unspecified atom stereocenters. The summed E-state index contributed by atoms with van der Waals surface area (Å²) in [6.07, 6.45) is 8.97. The Balaban J connectivity index is 0.00000392. The van der Waals surface area contributed by atoms with Gasteiger partial charge in [-0.15, -0.1) is 24.0 Å². The molecule has 28 heavy (non-hydrogen) atoms. The fourth-order valence-electron chi connectivity index (χ4n) is 3.55. The number of likely N-dealkylation sites (N-methyl/N-ethyl adjacent to an activating group) is 1. The lowest BCUT2D eigenvalue weighted by Crippen LogP contribution is -2.49. The fourth-order valence-corrected chi connectivity index (χ4v) is 3.55. The van der Waals surface area contributed by atoms with Crippen molar-refractivity contribution in [1.82, 2.24) is 30.2 Å². The summed E-state index contributed by atoms with van der Waals surface area (Å²) >= 11 is 0. The molecule has 1 aliphatic heterocycles. The van der Waals surface area contributed by atoms with Crippen molar-refractivity contribution in [2.45, 2.75) is 51.6 Å². The van der Waals surface area contributed by atoms with E-state index in [-0.39, 0.29) is 30.0 Å². The van der Waals surface area contributed by atoms with Crippen molar-refractivity contribution >= 4 is 29.9 Å². The van der Waals surface area contributed by atoms with Crippen molar-refractivity contribution in [1.29, 1.82) is 0 Å². The molecule has 2 N–H and O–H groups in total. The largest absolute Gasteiger partial charge is 0.357 e. The second-order valence-corrected chi connectivity index (χ2v) is 7.76. The molecule has 1 atom stereocenters.